The first-order valence-corrected chi connectivity index (χ1v) is 10.2. The highest BCUT2D eigenvalue weighted by molar-refractivity contribution is 6.04. The molecule has 2 amide bonds. The lowest BCUT2D eigenvalue weighted by atomic mass is 10.2. The van der Waals surface area contributed by atoms with Gasteiger partial charge in [-0.05, 0) is 74.5 Å². The highest BCUT2D eigenvalue weighted by atomic mass is 16.5. The first kappa shape index (κ1) is 21.9. The van der Waals surface area contributed by atoms with Gasteiger partial charge in [-0.2, -0.15) is 0 Å². The van der Waals surface area contributed by atoms with Gasteiger partial charge in [0, 0.05) is 16.9 Å². The highest BCUT2D eigenvalue weighted by Crippen LogP contribution is 2.17. The van der Waals surface area contributed by atoms with E-state index in [4.69, 9.17) is 9.47 Å². The van der Waals surface area contributed by atoms with E-state index in [1.807, 2.05) is 38.1 Å². The van der Waals surface area contributed by atoms with Gasteiger partial charge in [0.15, 0.2) is 0 Å². The summed E-state index contributed by atoms with van der Waals surface area (Å²) in [5.41, 5.74) is 2.95. The predicted octanol–water partition coefficient (Wildman–Crippen LogP) is 5.05. The second-order valence-corrected chi connectivity index (χ2v) is 6.95. The van der Waals surface area contributed by atoms with E-state index in [9.17, 15) is 9.59 Å². The summed E-state index contributed by atoms with van der Waals surface area (Å²) in [5, 5.41) is 5.64. The summed E-state index contributed by atoms with van der Waals surface area (Å²) in [6.07, 6.45) is 0.230. The fraction of sp³-hybridized carbons (Fsp3) is 0.200. The molecule has 0 atom stereocenters. The third-order valence-electron chi connectivity index (χ3n) is 4.47. The normalized spacial score (nSPS) is 10.3. The van der Waals surface area contributed by atoms with Crippen molar-refractivity contribution in [2.24, 2.45) is 0 Å². The summed E-state index contributed by atoms with van der Waals surface area (Å²) >= 11 is 0. The Bertz CT molecular complexity index is 997. The molecular formula is C25H26N2O4. The Kier molecular flexibility index (Phi) is 7.65. The van der Waals surface area contributed by atoms with Crippen molar-refractivity contribution >= 4 is 23.2 Å². The fourth-order valence-corrected chi connectivity index (χ4v) is 2.83. The largest absolute Gasteiger partial charge is 0.494 e. The molecule has 160 valence electrons. The van der Waals surface area contributed by atoms with Crippen LogP contribution in [-0.4, -0.2) is 25.0 Å². The Morgan fingerprint density at radius 1 is 0.742 bits per heavy atom. The SMILES string of the molecule is CCOc1ccc(NC(=O)c2ccc(NC(=O)CCOc3ccc(C)cc3)cc2)cc1. The number of aryl methyl sites for hydroxylation is 1. The first-order chi connectivity index (χ1) is 15.0. The molecule has 0 aliphatic heterocycles. The third kappa shape index (κ3) is 6.89. The van der Waals surface area contributed by atoms with Gasteiger partial charge in [0.1, 0.15) is 11.5 Å². The van der Waals surface area contributed by atoms with Gasteiger partial charge in [-0.3, -0.25) is 9.59 Å². The zero-order valence-corrected chi connectivity index (χ0v) is 17.7. The molecule has 0 radical (unpaired) electrons. The van der Waals surface area contributed by atoms with Gasteiger partial charge < -0.3 is 20.1 Å². The molecule has 0 saturated carbocycles. The van der Waals surface area contributed by atoms with E-state index in [1.54, 1.807) is 48.5 Å². The number of hydrogen-bond donors (Lipinski definition) is 2. The monoisotopic (exact) mass is 418 g/mol. The van der Waals surface area contributed by atoms with E-state index in [0.717, 1.165) is 17.1 Å². The molecule has 0 fully saturated rings. The van der Waals surface area contributed by atoms with Crippen molar-refractivity contribution in [3.8, 4) is 11.5 Å². The van der Waals surface area contributed by atoms with Gasteiger partial charge in [0.05, 0.1) is 19.6 Å². The molecular weight excluding hydrogens is 392 g/mol. The van der Waals surface area contributed by atoms with Crippen LogP contribution in [0.2, 0.25) is 0 Å². The zero-order chi connectivity index (χ0) is 22.1. The molecule has 0 aromatic heterocycles. The Labute approximate surface area is 182 Å². The average molecular weight is 418 g/mol. The summed E-state index contributed by atoms with van der Waals surface area (Å²) < 4.78 is 11.0. The minimum Gasteiger partial charge on any atom is -0.494 e. The van der Waals surface area contributed by atoms with Crippen LogP contribution >= 0.6 is 0 Å². The molecule has 0 bridgehead atoms. The molecule has 0 saturated heterocycles. The molecule has 3 aromatic carbocycles. The Hall–Kier alpha value is -3.80. The number of carbonyl (C=O) groups is 2. The van der Waals surface area contributed by atoms with Gasteiger partial charge >= 0.3 is 0 Å². The van der Waals surface area contributed by atoms with Crippen molar-refractivity contribution in [3.05, 3.63) is 83.9 Å². The summed E-state index contributed by atoms with van der Waals surface area (Å²) in [7, 11) is 0. The number of anilines is 2. The van der Waals surface area contributed by atoms with E-state index in [2.05, 4.69) is 10.6 Å². The Morgan fingerprint density at radius 3 is 1.94 bits per heavy atom. The van der Waals surface area contributed by atoms with Gasteiger partial charge in [-0.25, -0.2) is 0 Å². The fourth-order valence-electron chi connectivity index (χ4n) is 2.83. The van der Waals surface area contributed by atoms with Crippen molar-refractivity contribution < 1.29 is 19.1 Å². The number of amides is 2. The summed E-state index contributed by atoms with van der Waals surface area (Å²) in [6.45, 7) is 4.80. The molecule has 0 heterocycles. The van der Waals surface area contributed by atoms with Crippen LogP contribution in [0.15, 0.2) is 72.8 Å². The molecule has 6 nitrogen and oxygen atoms in total. The maximum atomic E-state index is 12.4. The van der Waals surface area contributed by atoms with Gasteiger partial charge in [0.2, 0.25) is 5.91 Å². The third-order valence-corrected chi connectivity index (χ3v) is 4.47. The molecule has 0 aliphatic rings. The van der Waals surface area contributed by atoms with Crippen molar-refractivity contribution in [2.45, 2.75) is 20.3 Å². The molecule has 2 N–H and O–H groups in total. The zero-order valence-electron chi connectivity index (χ0n) is 17.7. The lowest BCUT2D eigenvalue weighted by Gasteiger charge is -2.09. The number of benzene rings is 3. The molecule has 3 aromatic rings. The lowest BCUT2D eigenvalue weighted by Crippen LogP contribution is -2.15. The van der Waals surface area contributed by atoms with E-state index in [0.29, 0.717) is 23.5 Å². The molecule has 6 heteroatoms. The van der Waals surface area contributed by atoms with E-state index < -0.39 is 0 Å². The van der Waals surface area contributed by atoms with Crippen molar-refractivity contribution in [1.29, 1.82) is 0 Å². The van der Waals surface area contributed by atoms with Crippen LogP contribution in [0.5, 0.6) is 11.5 Å². The average Bonchev–Trinajstić information content (AvgIpc) is 2.77. The molecule has 31 heavy (non-hydrogen) atoms. The molecule has 3 rings (SSSR count). The van der Waals surface area contributed by atoms with Crippen molar-refractivity contribution in [1.82, 2.24) is 0 Å². The van der Waals surface area contributed by atoms with Crippen molar-refractivity contribution in [2.75, 3.05) is 23.8 Å². The Morgan fingerprint density at radius 2 is 1.29 bits per heavy atom. The second kappa shape index (κ2) is 10.8. The number of rotatable bonds is 9. The number of nitrogens with one attached hydrogen (secondary N) is 2. The standard InChI is InChI=1S/C25H26N2O4/c1-3-30-22-14-10-21(11-15-22)27-25(29)19-6-8-20(9-7-19)26-24(28)16-17-31-23-12-4-18(2)5-13-23/h4-15H,3,16-17H2,1-2H3,(H,26,28)(H,27,29). The predicted molar refractivity (Wildman–Crippen MR) is 122 cm³/mol. The van der Waals surface area contributed by atoms with Crippen LogP contribution in [0.1, 0.15) is 29.3 Å². The van der Waals surface area contributed by atoms with E-state index >= 15 is 0 Å². The maximum Gasteiger partial charge on any atom is 0.255 e. The van der Waals surface area contributed by atoms with Crippen LogP contribution in [-0.2, 0) is 4.79 Å². The Balaban J connectivity index is 1.45. The van der Waals surface area contributed by atoms with Gasteiger partial charge in [0.25, 0.3) is 5.91 Å². The van der Waals surface area contributed by atoms with Gasteiger partial charge in [-0.1, -0.05) is 17.7 Å². The summed E-state index contributed by atoms with van der Waals surface area (Å²) in [6, 6.07) is 21.6. The number of carbonyl (C=O) groups excluding carboxylic acids is 2. The number of hydrogen-bond acceptors (Lipinski definition) is 4. The molecule has 0 unspecified atom stereocenters. The van der Waals surface area contributed by atoms with Gasteiger partial charge in [-0.15, -0.1) is 0 Å². The smallest absolute Gasteiger partial charge is 0.255 e. The van der Waals surface area contributed by atoms with Crippen LogP contribution in [0.3, 0.4) is 0 Å². The van der Waals surface area contributed by atoms with Crippen LogP contribution in [0.25, 0.3) is 0 Å². The second-order valence-electron chi connectivity index (χ2n) is 6.95. The highest BCUT2D eigenvalue weighted by Gasteiger charge is 2.08. The van der Waals surface area contributed by atoms with Crippen LogP contribution in [0, 0.1) is 6.92 Å². The summed E-state index contributed by atoms with van der Waals surface area (Å²) in [5.74, 6) is 1.11. The first-order valence-electron chi connectivity index (χ1n) is 10.2. The number of ether oxygens (including phenoxy) is 2. The maximum absolute atomic E-state index is 12.4. The summed E-state index contributed by atoms with van der Waals surface area (Å²) in [4.78, 5) is 24.5. The molecule has 0 aliphatic carbocycles. The van der Waals surface area contributed by atoms with Crippen LogP contribution in [0.4, 0.5) is 11.4 Å². The minimum absolute atomic E-state index is 0.154. The quantitative estimate of drug-likeness (QED) is 0.510. The topological polar surface area (TPSA) is 76.7 Å². The van der Waals surface area contributed by atoms with E-state index in [-0.39, 0.29) is 24.8 Å². The minimum atomic E-state index is -0.228. The van der Waals surface area contributed by atoms with E-state index in [1.165, 1.54) is 0 Å². The molecule has 0 spiro atoms. The van der Waals surface area contributed by atoms with Crippen molar-refractivity contribution in [3.63, 3.8) is 0 Å². The van der Waals surface area contributed by atoms with Crippen LogP contribution < -0.4 is 20.1 Å². The lowest BCUT2D eigenvalue weighted by molar-refractivity contribution is -0.116.